The van der Waals surface area contributed by atoms with E-state index in [2.05, 4.69) is 29.0 Å². The standard InChI is InChI=1S/C28H53N5O3/c1-10-30(7)26(35)22-16-12-14-18-33(22)19-23(20(2)3)32(9)27(36)24(28(4,5)6)29-25(34)21-15-11-13-17-31(21)8/h20-24H,10-19H2,1-9H3,(H,29,34)/t21-,22+,23-,24?/m1/s1. The van der Waals surface area contributed by atoms with Gasteiger partial charge in [-0.3, -0.25) is 24.2 Å². The Hall–Kier alpha value is -1.67. The molecule has 2 fully saturated rings. The van der Waals surface area contributed by atoms with Gasteiger partial charge in [0.05, 0.1) is 12.1 Å². The van der Waals surface area contributed by atoms with Crippen molar-refractivity contribution in [1.82, 2.24) is 24.9 Å². The zero-order valence-electron chi connectivity index (χ0n) is 24.5. The van der Waals surface area contributed by atoms with E-state index in [0.717, 1.165) is 51.6 Å². The van der Waals surface area contributed by atoms with E-state index >= 15 is 0 Å². The molecule has 1 N–H and O–H groups in total. The Bertz CT molecular complexity index is 750. The summed E-state index contributed by atoms with van der Waals surface area (Å²) in [4.78, 5) is 48.3. The summed E-state index contributed by atoms with van der Waals surface area (Å²) in [6, 6.07) is -0.986. The number of carbonyl (C=O) groups is 3. The number of likely N-dealkylation sites (tertiary alicyclic amines) is 2. The molecule has 4 atom stereocenters. The third kappa shape index (κ3) is 7.67. The first-order chi connectivity index (χ1) is 16.8. The number of amides is 3. The van der Waals surface area contributed by atoms with Crippen molar-refractivity contribution in [1.29, 1.82) is 0 Å². The molecule has 0 aromatic rings. The molecule has 2 aliphatic rings. The maximum atomic E-state index is 14.0. The van der Waals surface area contributed by atoms with Crippen molar-refractivity contribution < 1.29 is 14.4 Å². The summed E-state index contributed by atoms with van der Waals surface area (Å²) < 4.78 is 0. The fraction of sp³-hybridized carbons (Fsp3) is 0.893. The minimum atomic E-state index is -0.614. The average Bonchev–Trinajstić information content (AvgIpc) is 2.83. The van der Waals surface area contributed by atoms with Crippen LogP contribution in [-0.4, -0.2) is 109 Å². The van der Waals surface area contributed by atoms with Crippen LogP contribution in [-0.2, 0) is 14.4 Å². The van der Waals surface area contributed by atoms with Crippen LogP contribution in [0.3, 0.4) is 0 Å². The van der Waals surface area contributed by atoms with E-state index in [1.54, 1.807) is 4.90 Å². The van der Waals surface area contributed by atoms with Crippen LogP contribution in [0.5, 0.6) is 0 Å². The first-order valence-corrected chi connectivity index (χ1v) is 14.1. The summed E-state index contributed by atoms with van der Waals surface area (Å²) in [5, 5.41) is 3.14. The molecule has 208 valence electrons. The first kappa shape index (κ1) is 30.6. The molecule has 8 nitrogen and oxygen atoms in total. The number of hydrogen-bond donors (Lipinski definition) is 1. The van der Waals surface area contributed by atoms with Gasteiger partial charge in [0.25, 0.3) is 0 Å². The Morgan fingerprint density at radius 2 is 1.56 bits per heavy atom. The summed E-state index contributed by atoms with van der Waals surface area (Å²) in [7, 11) is 5.72. The number of nitrogens with zero attached hydrogens (tertiary/aromatic N) is 4. The van der Waals surface area contributed by atoms with Gasteiger partial charge in [0, 0.05) is 33.2 Å². The van der Waals surface area contributed by atoms with Gasteiger partial charge in [-0.25, -0.2) is 0 Å². The van der Waals surface area contributed by atoms with E-state index in [-0.39, 0.29) is 41.8 Å². The molecule has 0 aromatic heterocycles. The largest absolute Gasteiger partial charge is 0.345 e. The molecule has 2 heterocycles. The lowest BCUT2D eigenvalue weighted by molar-refractivity contribution is -0.143. The molecule has 0 radical (unpaired) electrons. The zero-order valence-corrected chi connectivity index (χ0v) is 24.5. The van der Waals surface area contributed by atoms with Crippen LogP contribution in [0.25, 0.3) is 0 Å². The monoisotopic (exact) mass is 507 g/mol. The Morgan fingerprint density at radius 1 is 0.972 bits per heavy atom. The minimum absolute atomic E-state index is 0.0516. The van der Waals surface area contributed by atoms with Gasteiger partial charge >= 0.3 is 0 Å². The van der Waals surface area contributed by atoms with Crippen LogP contribution in [0.4, 0.5) is 0 Å². The molecule has 0 spiro atoms. The third-order valence-electron chi connectivity index (χ3n) is 8.26. The third-order valence-corrected chi connectivity index (χ3v) is 8.26. The quantitative estimate of drug-likeness (QED) is 0.519. The van der Waals surface area contributed by atoms with Crippen molar-refractivity contribution in [3.63, 3.8) is 0 Å². The Kier molecular flexibility index (Phi) is 11.2. The van der Waals surface area contributed by atoms with Crippen LogP contribution in [0.1, 0.15) is 80.1 Å². The maximum Gasteiger partial charge on any atom is 0.245 e. The predicted octanol–water partition coefficient (Wildman–Crippen LogP) is 2.82. The maximum absolute atomic E-state index is 14.0. The van der Waals surface area contributed by atoms with Gasteiger partial charge in [0.1, 0.15) is 6.04 Å². The van der Waals surface area contributed by atoms with E-state index in [1.807, 2.05) is 53.7 Å². The fourth-order valence-electron chi connectivity index (χ4n) is 5.58. The molecule has 0 aromatic carbocycles. The van der Waals surface area contributed by atoms with E-state index in [1.165, 1.54) is 0 Å². The van der Waals surface area contributed by atoms with Crippen molar-refractivity contribution in [3.8, 4) is 0 Å². The van der Waals surface area contributed by atoms with E-state index in [0.29, 0.717) is 13.1 Å². The van der Waals surface area contributed by atoms with Gasteiger partial charge in [-0.05, 0) is 64.1 Å². The molecule has 0 aliphatic carbocycles. The number of likely N-dealkylation sites (N-methyl/N-ethyl adjacent to an activating group) is 3. The summed E-state index contributed by atoms with van der Waals surface area (Å²) in [5.74, 6) is 0.272. The number of carbonyl (C=O) groups excluding carboxylic acids is 3. The summed E-state index contributed by atoms with van der Waals surface area (Å²) >= 11 is 0. The first-order valence-electron chi connectivity index (χ1n) is 14.1. The number of piperidine rings is 2. The van der Waals surface area contributed by atoms with Crippen molar-refractivity contribution >= 4 is 17.7 Å². The highest BCUT2D eigenvalue weighted by Gasteiger charge is 2.40. The minimum Gasteiger partial charge on any atom is -0.345 e. The summed E-state index contributed by atoms with van der Waals surface area (Å²) in [6.45, 7) is 15.4. The van der Waals surface area contributed by atoms with Crippen LogP contribution >= 0.6 is 0 Å². The lowest BCUT2D eigenvalue weighted by Gasteiger charge is -2.43. The van der Waals surface area contributed by atoms with Gasteiger partial charge < -0.3 is 15.1 Å². The van der Waals surface area contributed by atoms with Gasteiger partial charge in [-0.2, -0.15) is 0 Å². The van der Waals surface area contributed by atoms with Crippen LogP contribution in [0.2, 0.25) is 0 Å². The highest BCUT2D eigenvalue weighted by molar-refractivity contribution is 5.90. The molecule has 2 aliphatic heterocycles. The normalized spacial score (nSPS) is 23.7. The molecule has 36 heavy (non-hydrogen) atoms. The van der Waals surface area contributed by atoms with Crippen LogP contribution in [0, 0.1) is 11.3 Å². The second-order valence-electron chi connectivity index (χ2n) is 12.4. The van der Waals surface area contributed by atoms with Crippen molar-refractivity contribution in [2.24, 2.45) is 11.3 Å². The van der Waals surface area contributed by atoms with Crippen LogP contribution < -0.4 is 5.32 Å². The highest BCUT2D eigenvalue weighted by atomic mass is 16.2. The van der Waals surface area contributed by atoms with Crippen molar-refractivity contribution in [3.05, 3.63) is 0 Å². The lowest BCUT2D eigenvalue weighted by Crippen LogP contribution is -2.61. The number of nitrogens with one attached hydrogen (secondary N) is 1. The topological polar surface area (TPSA) is 76.2 Å². The molecule has 3 amide bonds. The molecular weight excluding hydrogens is 454 g/mol. The molecule has 0 bridgehead atoms. The second kappa shape index (κ2) is 13.2. The van der Waals surface area contributed by atoms with Gasteiger partial charge in [-0.15, -0.1) is 0 Å². The second-order valence-corrected chi connectivity index (χ2v) is 12.4. The highest BCUT2D eigenvalue weighted by Crippen LogP contribution is 2.26. The van der Waals surface area contributed by atoms with E-state index in [9.17, 15) is 14.4 Å². The van der Waals surface area contributed by atoms with Crippen molar-refractivity contribution in [2.45, 2.75) is 104 Å². The molecular formula is C28H53N5O3. The molecule has 0 saturated carbocycles. The van der Waals surface area contributed by atoms with Crippen molar-refractivity contribution in [2.75, 3.05) is 47.3 Å². The average molecular weight is 508 g/mol. The molecule has 8 heteroatoms. The van der Waals surface area contributed by atoms with Gasteiger partial charge in [-0.1, -0.05) is 47.5 Å². The zero-order chi connectivity index (χ0) is 27.2. The molecule has 2 rings (SSSR count). The molecule has 1 unspecified atom stereocenters. The fourth-order valence-corrected chi connectivity index (χ4v) is 5.58. The predicted molar refractivity (Wildman–Crippen MR) is 146 cm³/mol. The SMILES string of the molecule is CCN(C)C(=O)[C@@H]1CCCCN1C[C@H](C(C)C)N(C)C(=O)C(NC(=O)[C@H]1CCCCN1C)C(C)(C)C. The summed E-state index contributed by atoms with van der Waals surface area (Å²) in [5.41, 5.74) is -0.427. The summed E-state index contributed by atoms with van der Waals surface area (Å²) in [6.07, 6.45) is 5.95. The molecule has 2 saturated heterocycles. The number of hydrogen-bond acceptors (Lipinski definition) is 5. The van der Waals surface area contributed by atoms with Crippen LogP contribution in [0.15, 0.2) is 0 Å². The van der Waals surface area contributed by atoms with Gasteiger partial charge in [0.15, 0.2) is 0 Å². The Labute approximate surface area is 220 Å². The lowest BCUT2D eigenvalue weighted by atomic mass is 9.84. The Balaban J connectivity index is 2.21. The smallest absolute Gasteiger partial charge is 0.245 e. The van der Waals surface area contributed by atoms with E-state index < -0.39 is 11.5 Å². The number of rotatable bonds is 9. The Morgan fingerprint density at radius 3 is 2.08 bits per heavy atom. The van der Waals surface area contributed by atoms with E-state index in [4.69, 9.17) is 0 Å². The van der Waals surface area contributed by atoms with Gasteiger partial charge in [0.2, 0.25) is 17.7 Å².